The molecule has 12 nitrogen and oxygen atoms in total. The molecular weight excluding hydrogens is 944 g/mol. The SMILES string of the molecule is C=C(C)C.CC(C)c1cccc(NC(=O)c2ccc(Br)cc2)c1CC(=O)OC(C)(C)C.CC(C)c1cccc2c1CC(=O)N2.O.O=C(Cl)c1ccc(Br)cc1.O=S(=O)(O)O. The first-order valence-corrected chi connectivity index (χ1v) is 21.6. The number of halogens is 3. The lowest BCUT2D eigenvalue weighted by Gasteiger charge is -2.22. The molecule has 5 rings (SSSR count). The van der Waals surface area contributed by atoms with Crippen molar-refractivity contribution in [3.8, 4) is 0 Å². The van der Waals surface area contributed by atoms with Gasteiger partial charge in [-0.15, -0.1) is 6.58 Å². The Morgan fingerprint density at radius 2 is 1.27 bits per heavy atom. The number of fused-ring (bicyclic) bond motifs is 1. The van der Waals surface area contributed by atoms with E-state index in [0.717, 1.165) is 25.8 Å². The van der Waals surface area contributed by atoms with Crippen molar-refractivity contribution in [1.29, 1.82) is 0 Å². The molecule has 0 saturated carbocycles. The number of hydrogen-bond donors (Lipinski definition) is 4. The van der Waals surface area contributed by atoms with E-state index < -0.39 is 21.2 Å². The van der Waals surface area contributed by atoms with E-state index in [2.05, 4.69) is 82.8 Å². The lowest BCUT2D eigenvalue weighted by atomic mass is 9.93. The van der Waals surface area contributed by atoms with Gasteiger partial charge in [-0.1, -0.05) is 89.4 Å². The molecule has 328 valence electrons. The van der Waals surface area contributed by atoms with Crippen LogP contribution < -0.4 is 10.6 Å². The highest BCUT2D eigenvalue weighted by molar-refractivity contribution is 9.10. The largest absolute Gasteiger partial charge is 0.460 e. The van der Waals surface area contributed by atoms with Crippen LogP contribution in [0, 0.1) is 0 Å². The molecule has 0 aromatic heterocycles. The molecule has 1 heterocycles. The number of allylic oxidation sites excluding steroid dienone is 1. The third-order valence-corrected chi connectivity index (χ3v) is 8.72. The zero-order valence-electron chi connectivity index (χ0n) is 35.2. The number of hydrogen-bond acceptors (Lipinski definition) is 7. The van der Waals surface area contributed by atoms with E-state index in [4.69, 9.17) is 33.9 Å². The van der Waals surface area contributed by atoms with Gasteiger partial charge in [0.15, 0.2) is 0 Å². The van der Waals surface area contributed by atoms with Gasteiger partial charge in [0.1, 0.15) is 5.60 Å². The molecule has 0 unspecified atom stereocenters. The number of carbonyl (C=O) groups excluding carboxylic acids is 4. The number of ether oxygens (including phenoxy) is 1. The van der Waals surface area contributed by atoms with Crippen LogP contribution in [0.5, 0.6) is 0 Å². The Hall–Kier alpha value is -4.22. The van der Waals surface area contributed by atoms with E-state index >= 15 is 0 Å². The molecule has 1 aliphatic rings. The third kappa shape index (κ3) is 23.0. The Labute approximate surface area is 375 Å². The first-order valence-electron chi connectivity index (χ1n) is 18.3. The summed E-state index contributed by atoms with van der Waals surface area (Å²) in [5.41, 5.74) is 7.61. The first kappa shape index (κ1) is 55.8. The maximum Gasteiger partial charge on any atom is 0.394 e. The monoisotopic (exact) mass is 996 g/mol. The van der Waals surface area contributed by atoms with Crippen LogP contribution in [0.4, 0.5) is 11.4 Å². The van der Waals surface area contributed by atoms with E-state index in [1.54, 1.807) is 36.4 Å². The molecule has 6 N–H and O–H groups in total. The van der Waals surface area contributed by atoms with E-state index in [0.29, 0.717) is 29.2 Å². The fourth-order valence-electron chi connectivity index (χ4n) is 5.17. The molecule has 0 atom stereocenters. The average Bonchev–Trinajstić information content (AvgIpc) is 3.48. The predicted octanol–water partition coefficient (Wildman–Crippen LogP) is 10.9. The Morgan fingerprint density at radius 1 is 0.833 bits per heavy atom. The molecule has 0 aliphatic carbocycles. The molecule has 4 aromatic carbocycles. The Bertz CT molecular complexity index is 2160. The topological polar surface area (TPSA) is 208 Å². The number of amides is 2. The number of rotatable bonds is 7. The van der Waals surface area contributed by atoms with Crippen LogP contribution in [0.3, 0.4) is 0 Å². The van der Waals surface area contributed by atoms with Crippen LogP contribution >= 0.6 is 43.5 Å². The van der Waals surface area contributed by atoms with Crippen LogP contribution in [-0.4, -0.2) is 51.6 Å². The number of benzene rings is 4. The second-order valence-corrected chi connectivity index (χ2v) is 18.0. The van der Waals surface area contributed by atoms with Crippen LogP contribution in [-0.2, 0) is 37.6 Å². The Kier molecular flexibility index (Phi) is 24.3. The van der Waals surface area contributed by atoms with Gasteiger partial charge in [-0.2, -0.15) is 8.42 Å². The van der Waals surface area contributed by atoms with Gasteiger partial charge in [0.2, 0.25) is 5.91 Å². The summed E-state index contributed by atoms with van der Waals surface area (Å²) in [6, 6.07) is 25.8. The minimum Gasteiger partial charge on any atom is -0.460 e. The summed E-state index contributed by atoms with van der Waals surface area (Å²) < 4.78 is 38.9. The van der Waals surface area contributed by atoms with E-state index in [9.17, 15) is 19.2 Å². The molecule has 16 heteroatoms. The van der Waals surface area contributed by atoms with Gasteiger partial charge in [-0.3, -0.25) is 28.3 Å². The summed E-state index contributed by atoms with van der Waals surface area (Å²) in [5.74, 6) is 0.293. The van der Waals surface area contributed by atoms with Crippen molar-refractivity contribution in [2.24, 2.45) is 0 Å². The molecule has 1 aliphatic heterocycles. The molecule has 0 spiro atoms. The Morgan fingerprint density at radius 3 is 1.70 bits per heavy atom. The minimum absolute atomic E-state index is 0. The fraction of sp³-hybridized carbons (Fsp3) is 0.318. The highest BCUT2D eigenvalue weighted by Crippen LogP contribution is 2.31. The van der Waals surface area contributed by atoms with Crippen molar-refractivity contribution < 1.29 is 46.9 Å². The zero-order chi connectivity index (χ0) is 45.2. The molecule has 2 amide bonds. The van der Waals surface area contributed by atoms with Crippen molar-refractivity contribution in [1.82, 2.24) is 0 Å². The highest BCUT2D eigenvalue weighted by Gasteiger charge is 2.22. The molecule has 60 heavy (non-hydrogen) atoms. The quantitative estimate of drug-likeness (QED) is 0.0600. The molecule has 0 bridgehead atoms. The summed E-state index contributed by atoms with van der Waals surface area (Å²) in [6.45, 7) is 21.5. The molecular formula is C44H55Br2ClN2O10S. The smallest absolute Gasteiger partial charge is 0.394 e. The van der Waals surface area contributed by atoms with Crippen LogP contribution in [0.1, 0.15) is 117 Å². The molecule has 0 saturated heterocycles. The number of carbonyl (C=O) groups is 4. The first-order chi connectivity index (χ1) is 27.2. The standard InChI is InChI=1S/C22H26BrNO3.C11H13NO.C7H4BrClO.C4H8.H2O4S.H2O/c1-14(2)17-7-6-8-19(18(17)13-20(25)27-22(3,4)5)24-21(26)15-9-11-16(23)12-10-15;1-7(2)8-4-3-5-10-9(8)6-11(13)12-10;8-6-3-1-5(2-4-6)7(9)10;1-4(2)3;1-5(2,3)4;/h6-12,14H,13H2,1-5H3,(H,24,26);3-5,7H,6H2,1-2H3,(H,12,13);1-4H;1H2,2-3H3;(H2,1,2,3,4);1H2. The van der Waals surface area contributed by atoms with Gasteiger partial charge >= 0.3 is 16.4 Å². The summed E-state index contributed by atoms with van der Waals surface area (Å²) >= 11 is 11.8. The van der Waals surface area contributed by atoms with E-state index in [1.165, 1.54) is 16.7 Å². The van der Waals surface area contributed by atoms with E-state index in [-0.39, 0.29) is 35.6 Å². The van der Waals surface area contributed by atoms with Crippen LogP contribution in [0.15, 0.2) is 106 Å². The normalized spacial score (nSPS) is 11.2. The zero-order valence-corrected chi connectivity index (χ0v) is 39.9. The fourth-order valence-corrected chi connectivity index (χ4v) is 5.83. The number of anilines is 2. The van der Waals surface area contributed by atoms with Gasteiger partial charge in [-0.25, -0.2) is 0 Å². The summed E-state index contributed by atoms with van der Waals surface area (Å²) in [6.07, 6.45) is 0.658. The second kappa shape index (κ2) is 26.2. The summed E-state index contributed by atoms with van der Waals surface area (Å²) in [5, 5.41) is 5.38. The van der Waals surface area contributed by atoms with Gasteiger partial charge < -0.3 is 20.8 Å². The second-order valence-electron chi connectivity index (χ2n) is 14.9. The molecule has 4 aromatic rings. The minimum atomic E-state index is -4.67. The maximum atomic E-state index is 12.6. The third-order valence-electron chi connectivity index (χ3n) is 7.45. The molecule has 0 fully saturated rings. The number of nitrogens with one attached hydrogen (secondary N) is 2. The van der Waals surface area contributed by atoms with Crippen molar-refractivity contribution in [2.45, 2.75) is 92.6 Å². The maximum absolute atomic E-state index is 12.6. The van der Waals surface area contributed by atoms with Gasteiger partial charge in [0, 0.05) is 31.4 Å². The van der Waals surface area contributed by atoms with Crippen molar-refractivity contribution >= 4 is 88.3 Å². The van der Waals surface area contributed by atoms with Crippen molar-refractivity contribution in [2.75, 3.05) is 10.6 Å². The lowest BCUT2D eigenvalue weighted by Crippen LogP contribution is -2.25. The van der Waals surface area contributed by atoms with Crippen LogP contribution in [0.25, 0.3) is 0 Å². The van der Waals surface area contributed by atoms with Gasteiger partial charge in [0.25, 0.3) is 11.1 Å². The Balaban J connectivity index is 0.000000869. The highest BCUT2D eigenvalue weighted by atomic mass is 79.9. The van der Waals surface area contributed by atoms with Crippen molar-refractivity contribution in [3.63, 3.8) is 0 Å². The van der Waals surface area contributed by atoms with Crippen LogP contribution in [0.2, 0.25) is 0 Å². The summed E-state index contributed by atoms with van der Waals surface area (Å²) in [7, 11) is -4.67. The van der Waals surface area contributed by atoms with Gasteiger partial charge in [0.05, 0.1) is 12.8 Å². The lowest BCUT2D eigenvalue weighted by molar-refractivity contribution is -0.153. The predicted molar refractivity (Wildman–Crippen MR) is 248 cm³/mol. The van der Waals surface area contributed by atoms with Crippen molar-refractivity contribution in [3.05, 3.63) is 139 Å². The van der Waals surface area contributed by atoms with Gasteiger partial charge in [-0.05, 0) is 141 Å². The number of esters is 1. The molecule has 0 radical (unpaired) electrons. The van der Waals surface area contributed by atoms with E-state index in [1.807, 2.05) is 77.1 Å². The average molecular weight is 999 g/mol. The summed E-state index contributed by atoms with van der Waals surface area (Å²) in [4.78, 5) is 46.7.